The van der Waals surface area contributed by atoms with E-state index >= 15 is 0 Å². The van der Waals surface area contributed by atoms with Crippen LogP contribution in [0.3, 0.4) is 0 Å². The van der Waals surface area contributed by atoms with Crippen molar-refractivity contribution >= 4 is 0 Å². The van der Waals surface area contributed by atoms with Crippen molar-refractivity contribution in [3.63, 3.8) is 0 Å². The van der Waals surface area contributed by atoms with Gasteiger partial charge in [-0.1, -0.05) is 32.1 Å². The Balaban J connectivity index is 2.12. The lowest BCUT2D eigenvalue weighted by molar-refractivity contribution is 0.446. The lowest BCUT2D eigenvalue weighted by Crippen LogP contribution is -2.27. The molecule has 0 aliphatic carbocycles. The van der Waals surface area contributed by atoms with E-state index in [1.54, 1.807) is 0 Å². The second kappa shape index (κ2) is 5.59. The summed E-state index contributed by atoms with van der Waals surface area (Å²) in [7, 11) is 0. The summed E-state index contributed by atoms with van der Waals surface area (Å²) < 4.78 is 0. The molecule has 1 aliphatic rings. The van der Waals surface area contributed by atoms with Crippen LogP contribution in [0, 0.1) is 0 Å². The summed E-state index contributed by atoms with van der Waals surface area (Å²) in [4.78, 5) is 0. The first-order chi connectivity index (χ1) is 5.39. The molecule has 11 heavy (non-hydrogen) atoms. The van der Waals surface area contributed by atoms with Crippen LogP contribution in [-0.4, -0.2) is 12.6 Å². The van der Waals surface area contributed by atoms with Crippen molar-refractivity contribution in [1.82, 2.24) is 5.32 Å². The minimum Gasteiger partial charge on any atom is -0.314 e. The van der Waals surface area contributed by atoms with Gasteiger partial charge in [0.1, 0.15) is 0 Å². The van der Waals surface area contributed by atoms with Gasteiger partial charge in [0.25, 0.3) is 0 Å². The van der Waals surface area contributed by atoms with Crippen molar-refractivity contribution in [2.75, 3.05) is 6.54 Å². The summed E-state index contributed by atoms with van der Waals surface area (Å²) >= 11 is 0. The Hall–Kier alpha value is -0.0400. The van der Waals surface area contributed by atoms with Crippen LogP contribution in [-0.2, 0) is 0 Å². The van der Waals surface area contributed by atoms with Gasteiger partial charge in [-0.05, 0) is 26.3 Å². The van der Waals surface area contributed by atoms with Crippen molar-refractivity contribution < 1.29 is 0 Å². The highest BCUT2D eigenvalue weighted by atomic mass is 14.9. The molecule has 1 saturated heterocycles. The molecule has 1 heteroatoms. The van der Waals surface area contributed by atoms with Crippen molar-refractivity contribution in [1.29, 1.82) is 0 Å². The summed E-state index contributed by atoms with van der Waals surface area (Å²) in [5, 5.41) is 3.55. The zero-order chi connectivity index (χ0) is 7.94. The molecule has 1 heterocycles. The normalized spacial score (nSPS) is 29.7. The molecule has 0 radical (unpaired) electrons. The lowest BCUT2D eigenvalue weighted by Gasteiger charge is -2.15. The summed E-state index contributed by atoms with van der Waals surface area (Å²) in [6.07, 6.45) is 9.98. The molecule has 0 amide bonds. The van der Waals surface area contributed by atoms with Gasteiger partial charge in [0.15, 0.2) is 0 Å². The van der Waals surface area contributed by atoms with Gasteiger partial charge in [0, 0.05) is 6.04 Å². The quantitative estimate of drug-likeness (QED) is 0.567. The van der Waals surface area contributed by atoms with E-state index in [4.69, 9.17) is 0 Å². The monoisotopic (exact) mass is 155 g/mol. The van der Waals surface area contributed by atoms with Crippen LogP contribution in [0.2, 0.25) is 0 Å². The molecule has 1 atom stereocenters. The summed E-state index contributed by atoms with van der Waals surface area (Å²) in [5.74, 6) is 0. The molecule has 1 aliphatic heterocycles. The smallest absolute Gasteiger partial charge is 0.00387 e. The van der Waals surface area contributed by atoms with E-state index in [9.17, 15) is 0 Å². The third kappa shape index (κ3) is 4.41. The minimum absolute atomic E-state index is 0.757. The van der Waals surface area contributed by atoms with Gasteiger partial charge >= 0.3 is 0 Å². The topological polar surface area (TPSA) is 12.0 Å². The zero-order valence-electron chi connectivity index (χ0n) is 7.73. The van der Waals surface area contributed by atoms with E-state index in [-0.39, 0.29) is 0 Å². The fraction of sp³-hybridized carbons (Fsp3) is 1.00. The van der Waals surface area contributed by atoms with E-state index in [1.807, 2.05) is 0 Å². The Bertz CT molecular complexity index is 80.9. The molecule has 1 rings (SSSR count). The lowest BCUT2D eigenvalue weighted by atomic mass is 10.0. The largest absolute Gasteiger partial charge is 0.314 e. The fourth-order valence-electron chi connectivity index (χ4n) is 1.73. The van der Waals surface area contributed by atoms with Crippen LogP contribution in [0.4, 0.5) is 0 Å². The summed E-state index contributed by atoms with van der Waals surface area (Å²) in [6, 6.07) is 0.757. The Kier molecular flexibility index (Phi) is 4.60. The van der Waals surface area contributed by atoms with E-state index in [0.717, 1.165) is 6.04 Å². The maximum Gasteiger partial charge on any atom is 0.00387 e. The van der Waals surface area contributed by atoms with E-state index in [1.165, 1.54) is 51.5 Å². The fourth-order valence-corrected chi connectivity index (χ4v) is 1.73. The molecule has 1 nitrogen and oxygen atoms in total. The highest BCUT2D eigenvalue weighted by molar-refractivity contribution is 4.62. The Labute approximate surface area is 70.6 Å². The molecule has 0 unspecified atom stereocenters. The molecule has 0 aromatic carbocycles. The first kappa shape index (κ1) is 9.05. The molecule has 0 saturated carbocycles. The van der Waals surface area contributed by atoms with Gasteiger partial charge in [-0.2, -0.15) is 0 Å². The average molecular weight is 155 g/mol. The molecule has 0 aromatic heterocycles. The Morgan fingerprint density at radius 1 is 0.909 bits per heavy atom. The minimum atomic E-state index is 0.757. The molecular formula is C10H21N. The number of nitrogens with one attached hydrogen (secondary N) is 1. The Morgan fingerprint density at radius 2 is 1.55 bits per heavy atom. The van der Waals surface area contributed by atoms with Crippen LogP contribution in [0.1, 0.15) is 51.9 Å². The van der Waals surface area contributed by atoms with Crippen molar-refractivity contribution in [2.24, 2.45) is 0 Å². The maximum atomic E-state index is 3.55. The number of hydrogen-bond donors (Lipinski definition) is 1. The van der Waals surface area contributed by atoms with Crippen molar-refractivity contribution in [2.45, 2.75) is 57.9 Å². The SMILES string of the molecule is C[C@H]1CCCCCCCCN1. The molecular weight excluding hydrogens is 134 g/mol. The van der Waals surface area contributed by atoms with Crippen LogP contribution in [0.5, 0.6) is 0 Å². The van der Waals surface area contributed by atoms with Crippen LogP contribution in [0.15, 0.2) is 0 Å². The second-order valence-corrected chi connectivity index (χ2v) is 3.77. The predicted molar refractivity (Wildman–Crippen MR) is 49.8 cm³/mol. The van der Waals surface area contributed by atoms with Gasteiger partial charge in [-0.15, -0.1) is 0 Å². The van der Waals surface area contributed by atoms with Gasteiger partial charge < -0.3 is 5.32 Å². The van der Waals surface area contributed by atoms with Crippen LogP contribution in [0.25, 0.3) is 0 Å². The van der Waals surface area contributed by atoms with Crippen LogP contribution < -0.4 is 5.32 Å². The standard InChI is InChI=1S/C10H21N/c1-10-8-6-4-2-3-5-7-9-11-10/h10-11H,2-9H2,1H3/t10-/m0/s1. The first-order valence-corrected chi connectivity index (χ1v) is 5.13. The highest BCUT2D eigenvalue weighted by Crippen LogP contribution is 2.10. The second-order valence-electron chi connectivity index (χ2n) is 3.77. The first-order valence-electron chi connectivity index (χ1n) is 5.13. The van der Waals surface area contributed by atoms with Gasteiger partial charge in [0.05, 0.1) is 0 Å². The molecule has 0 bridgehead atoms. The molecule has 0 spiro atoms. The van der Waals surface area contributed by atoms with Gasteiger partial charge in [-0.25, -0.2) is 0 Å². The average Bonchev–Trinajstić information content (AvgIpc) is 2.03. The van der Waals surface area contributed by atoms with Gasteiger partial charge in [-0.3, -0.25) is 0 Å². The molecule has 66 valence electrons. The van der Waals surface area contributed by atoms with Crippen molar-refractivity contribution in [3.8, 4) is 0 Å². The van der Waals surface area contributed by atoms with Gasteiger partial charge in [0.2, 0.25) is 0 Å². The Morgan fingerprint density at radius 3 is 2.36 bits per heavy atom. The third-order valence-corrected chi connectivity index (χ3v) is 2.56. The van der Waals surface area contributed by atoms with E-state index < -0.39 is 0 Å². The molecule has 1 fully saturated rings. The third-order valence-electron chi connectivity index (χ3n) is 2.56. The van der Waals surface area contributed by atoms with E-state index in [0.29, 0.717) is 0 Å². The zero-order valence-corrected chi connectivity index (χ0v) is 7.73. The number of hydrogen-bond acceptors (Lipinski definition) is 1. The molecule has 1 N–H and O–H groups in total. The highest BCUT2D eigenvalue weighted by Gasteiger charge is 2.02. The predicted octanol–water partition coefficient (Wildman–Crippen LogP) is 2.71. The number of rotatable bonds is 0. The van der Waals surface area contributed by atoms with Crippen LogP contribution >= 0.6 is 0 Å². The van der Waals surface area contributed by atoms with Crippen molar-refractivity contribution in [3.05, 3.63) is 0 Å². The van der Waals surface area contributed by atoms with E-state index in [2.05, 4.69) is 12.2 Å². The molecule has 0 aromatic rings. The summed E-state index contributed by atoms with van der Waals surface area (Å²) in [5.41, 5.74) is 0. The summed E-state index contributed by atoms with van der Waals surface area (Å²) in [6.45, 7) is 3.54. The maximum absolute atomic E-state index is 3.55.